The zero-order valence-electron chi connectivity index (χ0n) is 15.7. The highest BCUT2D eigenvalue weighted by Gasteiger charge is 2.36. The molecule has 3 heterocycles. The number of imidazole rings is 1. The lowest BCUT2D eigenvalue weighted by atomic mass is 10.1. The fourth-order valence-corrected chi connectivity index (χ4v) is 3.63. The number of rotatable bonds is 5. The summed E-state index contributed by atoms with van der Waals surface area (Å²) in [5, 5.41) is 0. The number of hydrogen-bond donors (Lipinski definition) is 0. The molecule has 2 aromatic heterocycles. The van der Waals surface area contributed by atoms with Crippen molar-refractivity contribution in [2.75, 3.05) is 6.54 Å². The number of halogens is 2. The standard InChI is InChI=1S/C21H18F2N4O2/c1-12-18(27-11-26(10-13-2-3-13)21(28)20(27)24-12)14-4-6-15(7-5-14)29-17-9-8-16(22)19(23)25-17/h4-9,13H,2-3,10-11H2,1H3. The van der Waals surface area contributed by atoms with Gasteiger partial charge in [-0.25, -0.2) is 9.37 Å². The molecule has 5 rings (SSSR count). The van der Waals surface area contributed by atoms with E-state index in [1.54, 1.807) is 12.1 Å². The number of amides is 1. The van der Waals surface area contributed by atoms with Gasteiger partial charge < -0.3 is 14.2 Å². The van der Waals surface area contributed by atoms with Gasteiger partial charge in [-0.1, -0.05) is 0 Å². The van der Waals surface area contributed by atoms with E-state index in [0.29, 0.717) is 24.2 Å². The van der Waals surface area contributed by atoms with Crippen LogP contribution in [0.5, 0.6) is 11.6 Å². The van der Waals surface area contributed by atoms with Crippen molar-refractivity contribution < 1.29 is 18.3 Å². The quantitative estimate of drug-likeness (QED) is 0.608. The van der Waals surface area contributed by atoms with Crippen molar-refractivity contribution in [2.45, 2.75) is 26.4 Å². The number of hydrogen-bond acceptors (Lipinski definition) is 4. The van der Waals surface area contributed by atoms with E-state index in [2.05, 4.69) is 9.97 Å². The van der Waals surface area contributed by atoms with Crippen molar-refractivity contribution in [1.82, 2.24) is 19.4 Å². The van der Waals surface area contributed by atoms with Crippen LogP contribution in [-0.2, 0) is 6.67 Å². The van der Waals surface area contributed by atoms with Gasteiger partial charge in [-0.2, -0.15) is 9.37 Å². The number of fused-ring (bicyclic) bond motifs is 1. The van der Waals surface area contributed by atoms with Gasteiger partial charge in [-0.15, -0.1) is 0 Å². The second kappa shape index (κ2) is 6.65. The molecular weight excluding hydrogens is 378 g/mol. The van der Waals surface area contributed by atoms with Crippen LogP contribution >= 0.6 is 0 Å². The molecule has 1 amide bonds. The van der Waals surface area contributed by atoms with Gasteiger partial charge in [0.25, 0.3) is 11.9 Å². The van der Waals surface area contributed by atoms with E-state index >= 15 is 0 Å². The number of nitrogens with zero attached hydrogens (tertiary/aromatic N) is 4. The minimum atomic E-state index is -1.20. The number of pyridine rings is 1. The van der Waals surface area contributed by atoms with E-state index in [9.17, 15) is 13.6 Å². The summed E-state index contributed by atoms with van der Waals surface area (Å²) in [6.45, 7) is 3.18. The zero-order chi connectivity index (χ0) is 20.1. The molecule has 1 aromatic carbocycles. The summed E-state index contributed by atoms with van der Waals surface area (Å²) in [6, 6.07) is 9.36. The zero-order valence-corrected chi connectivity index (χ0v) is 15.7. The van der Waals surface area contributed by atoms with Crippen LogP contribution in [0.2, 0.25) is 0 Å². The maximum Gasteiger partial charge on any atom is 0.291 e. The minimum Gasteiger partial charge on any atom is -0.439 e. The summed E-state index contributed by atoms with van der Waals surface area (Å²) < 4.78 is 33.7. The van der Waals surface area contributed by atoms with Gasteiger partial charge in [0.05, 0.1) is 18.1 Å². The summed E-state index contributed by atoms with van der Waals surface area (Å²) >= 11 is 0. The second-order valence-electron chi connectivity index (χ2n) is 7.46. The third-order valence-electron chi connectivity index (χ3n) is 5.24. The molecule has 8 heteroatoms. The molecule has 1 aliphatic heterocycles. The smallest absolute Gasteiger partial charge is 0.291 e. The number of aromatic nitrogens is 3. The fraction of sp³-hybridized carbons (Fsp3) is 0.286. The molecule has 0 saturated heterocycles. The van der Waals surface area contributed by atoms with Gasteiger partial charge in [0, 0.05) is 18.2 Å². The van der Waals surface area contributed by atoms with Crippen LogP contribution in [0.25, 0.3) is 11.3 Å². The highest BCUT2D eigenvalue weighted by molar-refractivity contribution is 5.94. The first-order valence-corrected chi connectivity index (χ1v) is 9.46. The highest BCUT2D eigenvalue weighted by Crippen LogP contribution is 2.34. The maximum absolute atomic E-state index is 13.2. The Morgan fingerprint density at radius 3 is 2.55 bits per heavy atom. The van der Waals surface area contributed by atoms with Crippen molar-refractivity contribution in [3.63, 3.8) is 0 Å². The molecule has 148 valence electrons. The van der Waals surface area contributed by atoms with E-state index in [4.69, 9.17) is 4.74 Å². The van der Waals surface area contributed by atoms with Crippen molar-refractivity contribution in [3.05, 3.63) is 59.7 Å². The van der Waals surface area contributed by atoms with Gasteiger partial charge in [-0.05, 0) is 56.0 Å². The molecule has 6 nitrogen and oxygen atoms in total. The topological polar surface area (TPSA) is 60.2 Å². The number of carbonyl (C=O) groups is 1. The van der Waals surface area contributed by atoms with Gasteiger partial charge in [0.2, 0.25) is 11.7 Å². The summed E-state index contributed by atoms with van der Waals surface area (Å²) in [6.07, 6.45) is 2.37. The Bertz CT molecular complexity index is 1110. The Morgan fingerprint density at radius 1 is 1.10 bits per heavy atom. The average molecular weight is 396 g/mol. The monoisotopic (exact) mass is 396 g/mol. The van der Waals surface area contributed by atoms with Crippen molar-refractivity contribution in [1.29, 1.82) is 0 Å². The molecule has 1 saturated carbocycles. The minimum absolute atomic E-state index is 0.0179. The average Bonchev–Trinajstić information content (AvgIpc) is 3.40. The molecule has 0 spiro atoms. The van der Waals surface area contributed by atoms with Crippen LogP contribution < -0.4 is 4.74 Å². The van der Waals surface area contributed by atoms with Gasteiger partial charge in [-0.3, -0.25) is 4.79 Å². The molecule has 0 N–H and O–H groups in total. The van der Waals surface area contributed by atoms with Crippen molar-refractivity contribution >= 4 is 5.91 Å². The molecule has 0 atom stereocenters. The van der Waals surface area contributed by atoms with E-state index < -0.39 is 11.8 Å². The van der Waals surface area contributed by atoms with E-state index in [1.165, 1.54) is 18.9 Å². The van der Waals surface area contributed by atoms with Crippen LogP contribution in [0, 0.1) is 24.6 Å². The first-order chi connectivity index (χ1) is 14.0. The van der Waals surface area contributed by atoms with Crippen LogP contribution in [0.1, 0.15) is 29.2 Å². The van der Waals surface area contributed by atoms with Crippen LogP contribution in [0.15, 0.2) is 36.4 Å². The molecule has 1 aliphatic carbocycles. The van der Waals surface area contributed by atoms with Crippen molar-refractivity contribution in [2.24, 2.45) is 5.92 Å². The molecule has 0 unspecified atom stereocenters. The second-order valence-corrected chi connectivity index (χ2v) is 7.46. The fourth-order valence-electron chi connectivity index (χ4n) is 3.63. The lowest BCUT2D eigenvalue weighted by molar-refractivity contribution is 0.0758. The van der Waals surface area contributed by atoms with Crippen molar-refractivity contribution in [3.8, 4) is 22.9 Å². The maximum atomic E-state index is 13.2. The molecular formula is C21H18F2N4O2. The first-order valence-electron chi connectivity index (χ1n) is 9.46. The van der Waals surface area contributed by atoms with Gasteiger partial charge >= 0.3 is 0 Å². The molecule has 0 bridgehead atoms. The summed E-state index contributed by atoms with van der Waals surface area (Å²) in [7, 11) is 0. The third-order valence-corrected chi connectivity index (χ3v) is 5.24. The lowest BCUT2D eigenvalue weighted by Gasteiger charge is -2.15. The number of benzene rings is 1. The SMILES string of the molecule is Cc1nc2n(c1-c1ccc(Oc3ccc(F)c(F)n3)cc1)CN(CC1CC1)C2=O. The predicted octanol–water partition coefficient (Wildman–Crippen LogP) is 4.15. The third kappa shape index (κ3) is 3.24. The normalized spacial score (nSPS) is 15.7. The molecule has 29 heavy (non-hydrogen) atoms. The Balaban J connectivity index is 1.39. The van der Waals surface area contributed by atoms with Gasteiger partial charge in [0.15, 0.2) is 5.82 Å². The summed E-state index contributed by atoms with van der Waals surface area (Å²) in [4.78, 5) is 22.4. The summed E-state index contributed by atoms with van der Waals surface area (Å²) in [5.41, 5.74) is 2.58. The Hall–Kier alpha value is -3.29. The van der Waals surface area contributed by atoms with Gasteiger partial charge in [0.1, 0.15) is 5.75 Å². The largest absolute Gasteiger partial charge is 0.439 e. The number of carbonyl (C=O) groups excluding carboxylic acids is 1. The van der Waals surface area contributed by atoms with E-state index in [1.807, 2.05) is 28.5 Å². The Labute approximate surface area is 165 Å². The molecule has 2 aliphatic rings. The first kappa shape index (κ1) is 17.8. The van der Waals surface area contributed by atoms with Crippen LogP contribution in [-0.4, -0.2) is 31.9 Å². The molecule has 3 aromatic rings. The van der Waals surface area contributed by atoms with Crippen LogP contribution in [0.3, 0.4) is 0 Å². The van der Waals surface area contributed by atoms with Crippen LogP contribution in [0.4, 0.5) is 8.78 Å². The Kier molecular flexibility index (Phi) is 4.08. The lowest BCUT2D eigenvalue weighted by Crippen LogP contribution is -2.27. The number of ether oxygens (including phenoxy) is 1. The van der Waals surface area contributed by atoms with E-state index in [-0.39, 0.29) is 11.8 Å². The predicted molar refractivity (Wildman–Crippen MR) is 100 cm³/mol. The summed E-state index contributed by atoms with van der Waals surface area (Å²) in [5.74, 6) is -0.737. The van der Waals surface area contributed by atoms with E-state index in [0.717, 1.165) is 29.6 Å². The number of aryl methyl sites for hydroxylation is 1. The molecule has 0 radical (unpaired) electrons. The Morgan fingerprint density at radius 2 is 1.86 bits per heavy atom. The molecule has 1 fully saturated rings. The highest BCUT2D eigenvalue weighted by atomic mass is 19.2.